The van der Waals surface area contributed by atoms with Gasteiger partial charge in [0.15, 0.2) is 4.80 Å². The molecule has 2 aromatic carbocycles. The fraction of sp³-hybridized carbons (Fsp3) is 0.417. The third kappa shape index (κ3) is 5.37. The Hall–Kier alpha value is -2.08. The minimum atomic E-state index is -3.69. The highest BCUT2D eigenvalue weighted by molar-refractivity contribution is 7.89. The number of nitrogens with zero attached hydrogens (tertiary/aromatic N) is 3. The van der Waals surface area contributed by atoms with Crippen LogP contribution >= 0.6 is 22.9 Å². The number of halogens is 1. The van der Waals surface area contributed by atoms with E-state index >= 15 is 0 Å². The van der Waals surface area contributed by atoms with Crippen LogP contribution in [0.4, 0.5) is 0 Å². The lowest BCUT2D eigenvalue weighted by atomic mass is 10.2. The first-order chi connectivity index (χ1) is 16.6. The van der Waals surface area contributed by atoms with Crippen molar-refractivity contribution in [3.63, 3.8) is 0 Å². The number of hydrogen-bond donors (Lipinski definition) is 0. The first-order valence-corrected chi connectivity index (χ1v) is 13.9. The van der Waals surface area contributed by atoms with Crippen molar-refractivity contribution in [2.75, 3.05) is 26.8 Å². The number of aromatic nitrogens is 1. The van der Waals surface area contributed by atoms with Crippen LogP contribution in [0.2, 0.25) is 5.02 Å². The number of morpholine rings is 1. The van der Waals surface area contributed by atoms with E-state index in [4.69, 9.17) is 21.1 Å². The third-order valence-electron chi connectivity index (χ3n) is 5.87. The lowest BCUT2D eigenvalue weighted by Gasteiger charge is -2.34. The molecule has 0 N–H and O–H groups in total. The predicted octanol–water partition coefficient (Wildman–Crippen LogP) is 3.85. The van der Waals surface area contributed by atoms with Crippen molar-refractivity contribution in [3.05, 3.63) is 57.3 Å². The van der Waals surface area contributed by atoms with Crippen molar-refractivity contribution < 1.29 is 22.7 Å². The number of methoxy groups -OCH3 is 1. The molecule has 1 aliphatic heterocycles. The molecule has 1 fully saturated rings. The summed E-state index contributed by atoms with van der Waals surface area (Å²) in [7, 11) is -2.07. The molecule has 2 atom stereocenters. The summed E-state index contributed by atoms with van der Waals surface area (Å²) in [5, 5.41) is 0.639. The average Bonchev–Trinajstić information content (AvgIpc) is 3.17. The van der Waals surface area contributed by atoms with Crippen molar-refractivity contribution in [1.29, 1.82) is 0 Å². The average molecular weight is 538 g/mol. The maximum atomic E-state index is 13.1. The molecule has 1 aliphatic rings. The largest absolute Gasteiger partial charge is 0.383 e. The second-order valence-corrected chi connectivity index (χ2v) is 11.9. The van der Waals surface area contributed by atoms with Gasteiger partial charge in [0.1, 0.15) is 0 Å². The fourth-order valence-corrected chi connectivity index (χ4v) is 7.04. The van der Waals surface area contributed by atoms with Gasteiger partial charge < -0.3 is 14.0 Å². The number of fused-ring (bicyclic) bond motifs is 1. The second kappa shape index (κ2) is 10.5. The Bertz CT molecular complexity index is 1400. The highest BCUT2D eigenvalue weighted by Crippen LogP contribution is 2.27. The highest BCUT2D eigenvalue weighted by Gasteiger charge is 2.32. The molecule has 0 saturated carbocycles. The quantitative estimate of drug-likeness (QED) is 0.476. The van der Waals surface area contributed by atoms with Gasteiger partial charge in [-0.3, -0.25) is 4.79 Å². The van der Waals surface area contributed by atoms with Crippen LogP contribution in [0.5, 0.6) is 0 Å². The fourth-order valence-electron chi connectivity index (χ4n) is 4.19. The standard InChI is InChI=1S/C24H28ClN3O5S2/c1-15-13-27(14-16(2)33-15)35(30,31)19-7-5-18(6-8-19)23(29)26-24-28(11-12-32-4)22-17(3)20(25)9-10-21(22)34-24/h5-10,15-16H,11-14H2,1-4H3. The second-order valence-electron chi connectivity index (χ2n) is 8.57. The zero-order chi connectivity index (χ0) is 25.3. The lowest BCUT2D eigenvalue weighted by Crippen LogP contribution is -2.48. The molecular weight excluding hydrogens is 510 g/mol. The van der Waals surface area contributed by atoms with E-state index < -0.39 is 15.9 Å². The van der Waals surface area contributed by atoms with Gasteiger partial charge in [-0.05, 0) is 62.7 Å². The number of hydrogen-bond acceptors (Lipinski definition) is 6. The zero-order valence-corrected chi connectivity index (χ0v) is 22.4. The first-order valence-electron chi connectivity index (χ1n) is 11.2. The van der Waals surface area contributed by atoms with Crippen molar-refractivity contribution in [1.82, 2.24) is 8.87 Å². The topological polar surface area (TPSA) is 90.2 Å². The van der Waals surface area contributed by atoms with E-state index in [1.54, 1.807) is 7.11 Å². The van der Waals surface area contributed by atoms with Gasteiger partial charge in [0.25, 0.3) is 5.91 Å². The van der Waals surface area contributed by atoms with Crippen LogP contribution in [0.25, 0.3) is 10.2 Å². The maximum Gasteiger partial charge on any atom is 0.279 e. The molecule has 2 unspecified atom stereocenters. The smallest absolute Gasteiger partial charge is 0.279 e. The summed E-state index contributed by atoms with van der Waals surface area (Å²) in [6.45, 7) is 7.18. The number of rotatable bonds is 6. The van der Waals surface area contributed by atoms with Gasteiger partial charge in [0.2, 0.25) is 10.0 Å². The van der Waals surface area contributed by atoms with E-state index in [0.29, 0.717) is 41.6 Å². The summed E-state index contributed by atoms with van der Waals surface area (Å²) < 4.78 is 41.4. The summed E-state index contributed by atoms with van der Waals surface area (Å²) in [6, 6.07) is 9.65. The number of carbonyl (C=O) groups excluding carboxylic acids is 1. The van der Waals surface area contributed by atoms with Gasteiger partial charge >= 0.3 is 0 Å². The molecule has 4 rings (SSSR count). The van der Waals surface area contributed by atoms with Crippen molar-refractivity contribution in [3.8, 4) is 0 Å². The summed E-state index contributed by atoms with van der Waals surface area (Å²) in [5.74, 6) is -0.455. The van der Waals surface area contributed by atoms with Crippen molar-refractivity contribution in [2.24, 2.45) is 4.99 Å². The number of carbonyl (C=O) groups is 1. The summed E-state index contributed by atoms with van der Waals surface area (Å²) in [4.78, 5) is 18.0. The number of sulfonamides is 1. The van der Waals surface area contributed by atoms with Crippen LogP contribution in [0.15, 0.2) is 46.3 Å². The van der Waals surface area contributed by atoms with Gasteiger partial charge in [-0.2, -0.15) is 9.30 Å². The predicted molar refractivity (Wildman–Crippen MR) is 137 cm³/mol. The van der Waals surface area contributed by atoms with Gasteiger partial charge in [0, 0.05) is 37.3 Å². The van der Waals surface area contributed by atoms with Gasteiger partial charge in [0.05, 0.1) is 33.9 Å². The first kappa shape index (κ1) is 26.0. The molecule has 1 aromatic heterocycles. The van der Waals surface area contributed by atoms with Gasteiger partial charge in [-0.1, -0.05) is 22.9 Å². The number of amides is 1. The molecule has 8 nitrogen and oxygen atoms in total. The third-order valence-corrected chi connectivity index (χ3v) is 9.17. The molecule has 188 valence electrons. The SMILES string of the molecule is COCCn1c(=NC(=O)c2ccc(S(=O)(=O)N3CC(C)OC(C)C3)cc2)sc2ccc(Cl)c(C)c21. The molecule has 0 aliphatic carbocycles. The number of ether oxygens (including phenoxy) is 2. The molecule has 11 heteroatoms. The normalized spacial score (nSPS) is 20.0. The Morgan fingerprint density at radius 2 is 1.83 bits per heavy atom. The van der Waals surface area contributed by atoms with Crippen LogP contribution in [0.1, 0.15) is 29.8 Å². The molecule has 2 heterocycles. The number of benzene rings is 2. The summed E-state index contributed by atoms with van der Waals surface area (Å²) in [6.07, 6.45) is -0.365. The zero-order valence-electron chi connectivity index (χ0n) is 20.0. The summed E-state index contributed by atoms with van der Waals surface area (Å²) in [5.41, 5.74) is 2.13. The Balaban J connectivity index is 1.66. The molecule has 1 saturated heterocycles. The molecule has 0 radical (unpaired) electrons. The van der Waals surface area contributed by atoms with Crippen molar-refractivity contribution in [2.45, 2.75) is 44.4 Å². The number of thiazole rings is 1. The molecule has 0 spiro atoms. The molecule has 1 amide bonds. The maximum absolute atomic E-state index is 13.1. The Morgan fingerprint density at radius 3 is 2.46 bits per heavy atom. The van der Waals surface area contributed by atoms with Crippen LogP contribution < -0.4 is 4.80 Å². The van der Waals surface area contributed by atoms with E-state index in [0.717, 1.165) is 15.8 Å². The lowest BCUT2D eigenvalue weighted by molar-refractivity contribution is -0.0440. The minimum Gasteiger partial charge on any atom is -0.383 e. The van der Waals surface area contributed by atoms with E-state index in [-0.39, 0.29) is 17.1 Å². The minimum absolute atomic E-state index is 0.137. The van der Waals surface area contributed by atoms with E-state index in [9.17, 15) is 13.2 Å². The molecule has 35 heavy (non-hydrogen) atoms. The van der Waals surface area contributed by atoms with Crippen LogP contribution in [0, 0.1) is 6.92 Å². The molecule has 0 bridgehead atoms. The summed E-state index contributed by atoms with van der Waals surface area (Å²) >= 11 is 7.72. The Labute approximate surface area is 213 Å². The molecule has 3 aromatic rings. The Kier molecular flexibility index (Phi) is 7.80. The van der Waals surface area contributed by atoms with Crippen LogP contribution in [-0.4, -0.2) is 62.2 Å². The van der Waals surface area contributed by atoms with Crippen LogP contribution in [0.3, 0.4) is 0 Å². The van der Waals surface area contributed by atoms with E-state index in [2.05, 4.69) is 4.99 Å². The van der Waals surface area contributed by atoms with Crippen LogP contribution in [-0.2, 0) is 26.0 Å². The van der Waals surface area contributed by atoms with Gasteiger partial charge in [-0.15, -0.1) is 0 Å². The van der Waals surface area contributed by atoms with E-state index in [1.807, 2.05) is 37.5 Å². The molecular formula is C24H28ClN3O5S2. The highest BCUT2D eigenvalue weighted by atomic mass is 35.5. The van der Waals surface area contributed by atoms with Gasteiger partial charge in [-0.25, -0.2) is 8.42 Å². The monoisotopic (exact) mass is 537 g/mol. The van der Waals surface area contributed by atoms with E-state index in [1.165, 1.54) is 39.9 Å². The Morgan fingerprint density at radius 1 is 1.17 bits per heavy atom. The van der Waals surface area contributed by atoms with Crippen molar-refractivity contribution >= 4 is 49.1 Å². The number of aryl methyl sites for hydroxylation is 1.